The molecule has 8 rings (SSSR count). The van der Waals surface area contributed by atoms with Gasteiger partial charge in [0.05, 0.1) is 17.1 Å². The number of phenolic OH excluding ortho intramolecular Hbond substituents is 5. The molecule has 1 aliphatic heterocycles. The Balaban J connectivity index is 0.989. The third-order valence-electron chi connectivity index (χ3n) is 12.5. The zero-order valence-corrected chi connectivity index (χ0v) is 28.8. The number of hydrogen-bond donors (Lipinski definition) is 7. The molecule has 3 fully saturated rings. The summed E-state index contributed by atoms with van der Waals surface area (Å²) in [5.74, 6) is -0.528. The number of aromatic hydroxyl groups is 5. The van der Waals surface area contributed by atoms with E-state index in [0.717, 1.165) is 50.8 Å². The second kappa shape index (κ2) is 13.2. The standard InChI is InChI=1S/C43H47NO7/c45-30-23-29-13-16-34-35(18-21-51-43(34)20-2-1-19-42(29,43)24-30)44-25-28-8-6-26(7-9-28)10-15-33-31(14-11-27-12-17-36(46)38(48)22-27)32-4-3-5-37(47)39(32)41(50)40(33)49/h3-9,11-14,16-17,22,29-30,34-35,44-50H,1-2,10,15,18-21,23-25H2/t29-,30-,34-,35+,42-,43+/m1/s1. The summed E-state index contributed by atoms with van der Waals surface area (Å²) in [7, 11) is 0. The van der Waals surface area contributed by atoms with Crippen molar-refractivity contribution in [2.45, 2.75) is 82.1 Å². The average molecular weight is 690 g/mol. The van der Waals surface area contributed by atoms with Crippen LogP contribution in [0.25, 0.3) is 22.9 Å². The number of benzene rings is 4. The van der Waals surface area contributed by atoms with E-state index in [4.69, 9.17) is 4.74 Å². The fraction of sp³-hybridized carbons (Fsp3) is 0.395. The largest absolute Gasteiger partial charge is 0.507 e. The number of allylic oxidation sites excluding steroid dienone is 1. The normalized spacial score (nSPS) is 28.5. The van der Waals surface area contributed by atoms with Crippen molar-refractivity contribution < 1.29 is 35.4 Å². The number of phenols is 5. The van der Waals surface area contributed by atoms with E-state index in [0.29, 0.717) is 52.8 Å². The van der Waals surface area contributed by atoms with Gasteiger partial charge in [0.15, 0.2) is 23.0 Å². The molecule has 266 valence electrons. The van der Waals surface area contributed by atoms with Crippen LogP contribution in [0.1, 0.15) is 72.8 Å². The minimum atomic E-state index is -0.361. The molecule has 1 saturated heterocycles. The van der Waals surface area contributed by atoms with E-state index >= 15 is 0 Å². The van der Waals surface area contributed by atoms with Crippen molar-refractivity contribution in [3.63, 3.8) is 0 Å². The Hall–Kier alpha value is -4.50. The minimum Gasteiger partial charge on any atom is -0.507 e. The number of fused-ring (bicyclic) bond motifs is 1. The maximum absolute atomic E-state index is 11.2. The molecule has 1 heterocycles. The van der Waals surface area contributed by atoms with Crippen molar-refractivity contribution in [2.24, 2.45) is 17.3 Å². The van der Waals surface area contributed by atoms with E-state index < -0.39 is 0 Å². The Morgan fingerprint density at radius 1 is 0.804 bits per heavy atom. The summed E-state index contributed by atoms with van der Waals surface area (Å²) < 4.78 is 6.82. The SMILES string of the molecule is Oc1ccc(C=Cc2c(CCc3ccc(CN[C@H]4CCO[C@]56CCCC[C@]57C[C@H](O)C[C@H]7C=C[C@H]46)cc3)c(O)c(O)c3c(O)cccc23)cc1O. The van der Waals surface area contributed by atoms with Crippen LogP contribution in [0, 0.1) is 17.3 Å². The van der Waals surface area contributed by atoms with Crippen molar-refractivity contribution in [2.75, 3.05) is 6.61 Å². The molecule has 4 aromatic carbocycles. The number of nitrogens with one attached hydrogen (secondary N) is 1. The fourth-order valence-corrected chi connectivity index (χ4v) is 10.1. The zero-order valence-electron chi connectivity index (χ0n) is 28.8. The van der Waals surface area contributed by atoms with Gasteiger partial charge in [0.1, 0.15) is 5.75 Å². The van der Waals surface area contributed by atoms with Crippen molar-refractivity contribution in [1.82, 2.24) is 5.32 Å². The zero-order chi connectivity index (χ0) is 35.3. The lowest BCUT2D eigenvalue weighted by Gasteiger charge is -2.62. The molecular weight excluding hydrogens is 642 g/mol. The molecule has 8 nitrogen and oxygen atoms in total. The molecule has 0 aromatic heterocycles. The van der Waals surface area contributed by atoms with Gasteiger partial charge in [-0.15, -0.1) is 0 Å². The Bertz CT molecular complexity index is 2000. The van der Waals surface area contributed by atoms with Crippen molar-refractivity contribution in [3.05, 3.63) is 101 Å². The van der Waals surface area contributed by atoms with Gasteiger partial charge in [-0.2, -0.15) is 0 Å². The third kappa shape index (κ3) is 5.74. The van der Waals surface area contributed by atoms with E-state index in [2.05, 4.69) is 41.7 Å². The van der Waals surface area contributed by atoms with Crippen LogP contribution in [0.4, 0.5) is 0 Å². The van der Waals surface area contributed by atoms with Crippen LogP contribution in [0.2, 0.25) is 0 Å². The van der Waals surface area contributed by atoms with Gasteiger partial charge < -0.3 is 40.7 Å². The molecule has 0 bridgehead atoms. The molecule has 0 unspecified atom stereocenters. The monoisotopic (exact) mass is 689 g/mol. The Kier molecular flexibility index (Phi) is 8.73. The molecule has 3 aliphatic carbocycles. The quantitative estimate of drug-likeness (QED) is 0.0574. The van der Waals surface area contributed by atoms with Gasteiger partial charge in [-0.3, -0.25) is 0 Å². The van der Waals surface area contributed by atoms with E-state index in [1.165, 1.54) is 36.6 Å². The molecule has 8 heteroatoms. The van der Waals surface area contributed by atoms with E-state index in [-0.39, 0.29) is 51.3 Å². The Morgan fingerprint density at radius 3 is 2.43 bits per heavy atom. The molecule has 4 aromatic rings. The average Bonchev–Trinajstić information content (AvgIpc) is 3.47. The summed E-state index contributed by atoms with van der Waals surface area (Å²) in [6, 6.07) is 18.3. The van der Waals surface area contributed by atoms with Crippen molar-refractivity contribution in [3.8, 4) is 28.7 Å². The predicted octanol–water partition coefficient (Wildman–Crippen LogP) is 7.46. The van der Waals surface area contributed by atoms with Gasteiger partial charge in [-0.25, -0.2) is 0 Å². The Labute approximate surface area is 298 Å². The van der Waals surface area contributed by atoms with Crippen molar-refractivity contribution >= 4 is 22.9 Å². The predicted molar refractivity (Wildman–Crippen MR) is 198 cm³/mol. The molecule has 2 saturated carbocycles. The number of rotatable bonds is 8. The maximum atomic E-state index is 11.2. The van der Waals surface area contributed by atoms with Crippen LogP contribution in [0.5, 0.6) is 28.7 Å². The first-order chi connectivity index (χ1) is 24.7. The van der Waals surface area contributed by atoms with Gasteiger partial charge in [-0.1, -0.05) is 79.6 Å². The van der Waals surface area contributed by atoms with Gasteiger partial charge in [0.2, 0.25) is 0 Å². The third-order valence-corrected chi connectivity index (χ3v) is 12.5. The molecule has 0 radical (unpaired) electrons. The second-order valence-electron chi connectivity index (χ2n) is 15.2. The molecule has 4 aliphatic rings. The highest BCUT2D eigenvalue weighted by atomic mass is 16.5. The number of aryl methyl sites for hydroxylation is 1. The van der Waals surface area contributed by atoms with Gasteiger partial charge in [-0.05, 0) is 96.7 Å². The van der Waals surface area contributed by atoms with Gasteiger partial charge in [0, 0.05) is 36.1 Å². The maximum Gasteiger partial charge on any atom is 0.169 e. The number of ether oxygens (including phenoxy) is 1. The van der Waals surface area contributed by atoms with Gasteiger partial charge in [0.25, 0.3) is 0 Å². The molecular formula is C43H47NO7. The van der Waals surface area contributed by atoms with E-state index in [1.807, 2.05) is 0 Å². The summed E-state index contributed by atoms with van der Waals surface area (Å²) in [5, 5.41) is 67.9. The summed E-state index contributed by atoms with van der Waals surface area (Å²) in [5.41, 5.74) is 3.96. The highest BCUT2D eigenvalue weighted by Crippen LogP contribution is 2.65. The van der Waals surface area contributed by atoms with Crippen LogP contribution in [-0.4, -0.2) is 55.0 Å². The summed E-state index contributed by atoms with van der Waals surface area (Å²) >= 11 is 0. The van der Waals surface area contributed by atoms with Crippen LogP contribution >= 0.6 is 0 Å². The lowest BCUT2D eigenvalue weighted by Crippen LogP contribution is -2.66. The first-order valence-corrected chi connectivity index (χ1v) is 18.4. The van der Waals surface area contributed by atoms with Crippen LogP contribution in [0.15, 0.2) is 72.8 Å². The van der Waals surface area contributed by atoms with Crippen LogP contribution < -0.4 is 5.32 Å². The first kappa shape index (κ1) is 33.6. The highest BCUT2D eigenvalue weighted by Gasteiger charge is 2.66. The highest BCUT2D eigenvalue weighted by molar-refractivity contribution is 6.03. The lowest BCUT2D eigenvalue weighted by molar-refractivity contribution is -0.224. The summed E-state index contributed by atoms with van der Waals surface area (Å²) in [6.07, 6.45) is 16.4. The lowest BCUT2D eigenvalue weighted by atomic mass is 9.50. The minimum absolute atomic E-state index is 0.0485. The van der Waals surface area contributed by atoms with E-state index in [1.54, 1.807) is 30.4 Å². The molecule has 51 heavy (non-hydrogen) atoms. The fourth-order valence-electron chi connectivity index (χ4n) is 10.1. The van der Waals surface area contributed by atoms with Crippen molar-refractivity contribution in [1.29, 1.82) is 0 Å². The second-order valence-corrected chi connectivity index (χ2v) is 15.2. The first-order valence-electron chi connectivity index (χ1n) is 18.4. The molecule has 6 atom stereocenters. The van der Waals surface area contributed by atoms with E-state index in [9.17, 15) is 30.6 Å². The van der Waals surface area contributed by atoms with Crippen LogP contribution in [-0.2, 0) is 24.1 Å². The van der Waals surface area contributed by atoms with Gasteiger partial charge >= 0.3 is 0 Å². The number of hydrogen-bond acceptors (Lipinski definition) is 8. The smallest absolute Gasteiger partial charge is 0.169 e. The number of aliphatic hydroxyl groups excluding tert-OH is 1. The summed E-state index contributed by atoms with van der Waals surface area (Å²) in [4.78, 5) is 0. The van der Waals surface area contributed by atoms with Crippen LogP contribution in [0.3, 0.4) is 0 Å². The molecule has 2 spiro atoms. The Morgan fingerprint density at radius 2 is 1.61 bits per heavy atom. The molecule has 0 amide bonds. The summed E-state index contributed by atoms with van der Waals surface area (Å²) in [6.45, 7) is 1.49. The molecule has 7 N–H and O–H groups in total. The number of aliphatic hydroxyl groups is 1. The topological polar surface area (TPSA) is 143 Å².